The molecule has 2 rings (SSSR count). The van der Waals surface area contributed by atoms with E-state index in [1.807, 2.05) is 25.1 Å². The minimum Gasteiger partial charge on any atom is -0.505 e. The monoisotopic (exact) mass is 252 g/mol. The van der Waals surface area contributed by atoms with E-state index in [4.69, 9.17) is 0 Å². The SMILES string of the molecule is CN(C)Cc1cc(F)c(O)c(C2CCCCN2)c1. The van der Waals surface area contributed by atoms with E-state index in [0.29, 0.717) is 12.1 Å². The second-order valence-electron chi connectivity index (χ2n) is 5.26. The first-order valence-electron chi connectivity index (χ1n) is 6.47. The number of piperidine rings is 1. The van der Waals surface area contributed by atoms with Crippen LogP contribution in [0.4, 0.5) is 4.39 Å². The van der Waals surface area contributed by atoms with Gasteiger partial charge >= 0.3 is 0 Å². The summed E-state index contributed by atoms with van der Waals surface area (Å²) >= 11 is 0. The fourth-order valence-corrected chi connectivity index (χ4v) is 2.52. The van der Waals surface area contributed by atoms with E-state index >= 15 is 0 Å². The highest BCUT2D eigenvalue weighted by molar-refractivity contribution is 5.40. The molecule has 0 spiro atoms. The Morgan fingerprint density at radius 2 is 2.17 bits per heavy atom. The number of hydrogen-bond donors (Lipinski definition) is 2. The molecule has 1 fully saturated rings. The first-order chi connectivity index (χ1) is 8.58. The van der Waals surface area contributed by atoms with Crippen LogP contribution in [0.15, 0.2) is 12.1 Å². The predicted octanol–water partition coefficient (Wildman–Crippen LogP) is 2.41. The molecule has 0 radical (unpaired) electrons. The Hall–Kier alpha value is -1.13. The Morgan fingerprint density at radius 3 is 2.78 bits per heavy atom. The molecule has 0 aromatic heterocycles. The van der Waals surface area contributed by atoms with E-state index in [-0.39, 0.29) is 11.8 Å². The van der Waals surface area contributed by atoms with Crippen LogP contribution in [0.25, 0.3) is 0 Å². The molecule has 1 aromatic rings. The van der Waals surface area contributed by atoms with Gasteiger partial charge in [-0.3, -0.25) is 0 Å². The normalized spacial score (nSPS) is 20.3. The molecule has 4 heteroatoms. The van der Waals surface area contributed by atoms with Gasteiger partial charge in [-0.25, -0.2) is 4.39 Å². The van der Waals surface area contributed by atoms with Crippen molar-refractivity contribution in [2.75, 3.05) is 20.6 Å². The average molecular weight is 252 g/mol. The molecular formula is C14H21FN2O. The van der Waals surface area contributed by atoms with Crippen molar-refractivity contribution in [3.05, 3.63) is 29.1 Å². The van der Waals surface area contributed by atoms with Crippen molar-refractivity contribution in [2.45, 2.75) is 31.8 Å². The molecular weight excluding hydrogens is 231 g/mol. The largest absolute Gasteiger partial charge is 0.505 e. The minimum atomic E-state index is -0.517. The summed E-state index contributed by atoms with van der Waals surface area (Å²) in [4.78, 5) is 1.99. The number of hydrogen-bond acceptors (Lipinski definition) is 3. The number of aromatic hydroxyl groups is 1. The van der Waals surface area contributed by atoms with Crippen LogP contribution >= 0.6 is 0 Å². The lowest BCUT2D eigenvalue weighted by atomic mass is 9.95. The Labute approximate surface area is 108 Å². The van der Waals surface area contributed by atoms with E-state index < -0.39 is 5.82 Å². The van der Waals surface area contributed by atoms with Gasteiger partial charge in [0.1, 0.15) is 0 Å². The van der Waals surface area contributed by atoms with Gasteiger partial charge < -0.3 is 15.3 Å². The number of nitrogens with zero attached hydrogens (tertiary/aromatic N) is 1. The maximum atomic E-state index is 13.7. The van der Waals surface area contributed by atoms with Gasteiger partial charge in [-0.2, -0.15) is 0 Å². The lowest BCUT2D eigenvalue weighted by Gasteiger charge is -2.25. The van der Waals surface area contributed by atoms with E-state index in [9.17, 15) is 9.50 Å². The molecule has 1 atom stereocenters. The first kappa shape index (κ1) is 13.3. The summed E-state index contributed by atoms with van der Waals surface area (Å²) in [5.74, 6) is -0.714. The molecule has 2 N–H and O–H groups in total. The summed E-state index contributed by atoms with van der Waals surface area (Å²) < 4.78 is 13.7. The van der Waals surface area contributed by atoms with Crippen LogP contribution in [0.5, 0.6) is 5.75 Å². The Bertz CT molecular complexity index is 415. The summed E-state index contributed by atoms with van der Waals surface area (Å²) in [6.07, 6.45) is 3.23. The van der Waals surface area contributed by atoms with Crippen molar-refractivity contribution in [3.8, 4) is 5.75 Å². The van der Waals surface area contributed by atoms with Gasteiger partial charge in [-0.1, -0.05) is 6.42 Å². The zero-order chi connectivity index (χ0) is 13.1. The molecule has 0 aliphatic carbocycles. The third-order valence-corrected chi connectivity index (χ3v) is 3.34. The number of halogens is 1. The molecule has 0 bridgehead atoms. The highest BCUT2D eigenvalue weighted by Crippen LogP contribution is 2.33. The molecule has 1 heterocycles. The number of nitrogens with one attached hydrogen (secondary N) is 1. The van der Waals surface area contributed by atoms with Crippen molar-refractivity contribution in [1.82, 2.24) is 10.2 Å². The Morgan fingerprint density at radius 1 is 1.39 bits per heavy atom. The van der Waals surface area contributed by atoms with E-state index in [1.165, 1.54) is 6.07 Å². The predicted molar refractivity (Wildman–Crippen MR) is 70.1 cm³/mol. The fourth-order valence-electron chi connectivity index (χ4n) is 2.52. The van der Waals surface area contributed by atoms with Gasteiger partial charge in [0.2, 0.25) is 0 Å². The molecule has 1 saturated heterocycles. The van der Waals surface area contributed by atoms with Crippen LogP contribution in [0, 0.1) is 5.82 Å². The maximum Gasteiger partial charge on any atom is 0.165 e. The number of phenolic OH excluding ortho intramolecular Hbond substituents is 1. The van der Waals surface area contributed by atoms with Gasteiger partial charge in [0, 0.05) is 18.2 Å². The standard InChI is InChI=1S/C14H21FN2O/c1-17(2)9-10-7-11(14(18)12(15)8-10)13-5-3-4-6-16-13/h7-8,13,16,18H,3-6,9H2,1-2H3. The van der Waals surface area contributed by atoms with Gasteiger partial charge in [0.05, 0.1) is 0 Å². The van der Waals surface area contributed by atoms with Crippen LogP contribution in [0.2, 0.25) is 0 Å². The molecule has 0 amide bonds. The highest BCUT2D eigenvalue weighted by Gasteiger charge is 2.20. The van der Waals surface area contributed by atoms with Gasteiger partial charge in [-0.05, 0) is 51.2 Å². The number of benzene rings is 1. The summed E-state index contributed by atoms with van der Waals surface area (Å²) in [6.45, 7) is 1.61. The first-order valence-corrected chi connectivity index (χ1v) is 6.47. The smallest absolute Gasteiger partial charge is 0.165 e. The zero-order valence-electron chi connectivity index (χ0n) is 11.0. The average Bonchev–Trinajstić information content (AvgIpc) is 2.34. The van der Waals surface area contributed by atoms with Crippen molar-refractivity contribution >= 4 is 0 Å². The molecule has 1 aliphatic rings. The van der Waals surface area contributed by atoms with Gasteiger partial charge in [0.25, 0.3) is 0 Å². The third kappa shape index (κ3) is 3.00. The second kappa shape index (κ2) is 5.67. The summed E-state index contributed by atoms with van der Waals surface area (Å²) in [7, 11) is 3.90. The lowest BCUT2D eigenvalue weighted by Crippen LogP contribution is -2.27. The fraction of sp³-hybridized carbons (Fsp3) is 0.571. The van der Waals surface area contributed by atoms with Crippen LogP contribution < -0.4 is 5.32 Å². The van der Waals surface area contributed by atoms with Crippen LogP contribution in [0.3, 0.4) is 0 Å². The van der Waals surface area contributed by atoms with Gasteiger partial charge in [0.15, 0.2) is 11.6 Å². The molecule has 1 aliphatic heterocycles. The van der Waals surface area contributed by atoms with Crippen LogP contribution in [-0.4, -0.2) is 30.6 Å². The molecule has 1 aromatic carbocycles. The van der Waals surface area contributed by atoms with E-state index in [0.717, 1.165) is 31.4 Å². The molecule has 100 valence electrons. The maximum absolute atomic E-state index is 13.7. The van der Waals surface area contributed by atoms with Crippen LogP contribution in [0.1, 0.15) is 36.4 Å². The Kier molecular flexibility index (Phi) is 4.19. The van der Waals surface area contributed by atoms with Crippen LogP contribution in [-0.2, 0) is 6.54 Å². The van der Waals surface area contributed by atoms with Crippen molar-refractivity contribution in [1.29, 1.82) is 0 Å². The molecule has 18 heavy (non-hydrogen) atoms. The van der Waals surface area contributed by atoms with E-state index in [1.54, 1.807) is 0 Å². The minimum absolute atomic E-state index is 0.0790. The topological polar surface area (TPSA) is 35.5 Å². The van der Waals surface area contributed by atoms with Crippen molar-refractivity contribution in [2.24, 2.45) is 0 Å². The quantitative estimate of drug-likeness (QED) is 0.867. The summed E-state index contributed by atoms with van der Waals surface area (Å²) in [5.41, 5.74) is 1.60. The number of rotatable bonds is 3. The van der Waals surface area contributed by atoms with Crippen molar-refractivity contribution < 1.29 is 9.50 Å². The third-order valence-electron chi connectivity index (χ3n) is 3.34. The summed E-state index contributed by atoms with van der Waals surface area (Å²) in [6, 6.07) is 3.42. The van der Waals surface area contributed by atoms with Crippen molar-refractivity contribution in [3.63, 3.8) is 0 Å². The highest BCUT2D eigenvalue weighted by atomic mass is 19.1. The second-order valence-corrected chi connectivity index (χ2v) is 5.26. The molecule has 0 saturated carbocycles. The summed E-state index contributed by atoms with van der Waals surface area (Å²) in [5, 5.41) is 13.2. The Balaban J connectivity index is 2.29. The number of phenols is 1. The molecule has 3 nitrogen and oxygen atoms in total. The zero-order valence-corrected chi connectivity index (χ0v) is 11.0. The van der Waals surface area contributed by atoms with E-state index in [2.05, 4.69) is 5.32 Å². The molecule has 1 unspecified atom stereocenters. The lowest BCUT2D eigenvalue weighted by molar-refractivity contribution is 0.371. The van der Waals surface area contributed by atoms with Gasteiger partial charge in [-0.15, -0.1) is 0 Å².